The molecule has 0 unspecified atom stereocenters. The van der Waals surface area contributed by atoms with E-state index < -0.39 is 5.60 Å². The number of amides is 2. The van der Waals surface area contributed by atoms with Crippen molar-refractivity contribution < 1.29 is 18.8 Å². The summed E-state index contributed by atoms with van der Waals surface area (Å²) in [6.07, 6.45) is 4.10. The number of ether oxygens (including phenoxy) is 1. The zero-order chi connectivity index (χ0) is 22.7. The standard InChI is InChI=1S/C21H24N6O4S/c1-21(2,3)30-20(29)27-10-8-14-15(12-27)32-19(23-14)24-16(28)6-7-17-25-18(26-31-17)13-5-4-9-22-11-13/h4-5,9,11H,6-8,10,12H2,1-3H3,(H,23,24,28). The molecule has 3 aromatic heterocycles. The van der Waals surface area contributed by atoms with Crippen LogP contribution in [-0.2, 0) is 28.9 Å². The molecule has 32 heavy (non-hydrogen) atoms. The Labute approximate surface area is 189 Å². The molecule has 0 aliphatic carbocycles. The zero-order valence-electron chi connectivity index (χ0n) is 18.1. The highest BCUT2D eigenvalue weighted by molar-refractivity contribution is 7.15. The van der Waals surface area contributed by atoms with Crippen LogP contribution in [0.3, 0.4) is 0 Å². The number of thiazole rings is 1. The normalized spacial score (nSPS) is 13.5. The van der Waals surface area contributed by atoms with Gasteiger partial charge >= 0.3 is 6.09 Å². The summed E-state index contributed by atoms with van der Waals surface area (Å²) in [5.74, 6) is 0.627. The molecule has 0 spiro atoms. The third-order valence-electron chi connectivity index (χ3n) is 4.58. The van der Waals surface area contributed by atoms with Crippen LogP contribution < -0.4 is 5.32 Å². The van der Waals surface area contributed by atoms with E-state index in [1.807, 2.05) is 26.8 Å². The molecule has 11 heteroatoms. The van der Waals surface area contributed by atoms with Crippen LogP contribution >= 0.6 is 11.3 Å². The number of nitrogens with zero attached hydrogens (tertiary/aromatic N) is 5. The van der Waals surface area contributed by atoms with Gasteiger partial charge in [0.2, 0.25) is 17.6 Å². The van der Waals surface area contributed by atoms with Gasteiger partial charge in [0.25, 0.3) is 0 Å². The quantitative estimate of drug-likeness (QED) is 0.619. The summed E-state index contributed by atoms with van der Waals surface area (Å²) < 4.78 is 10.7. The molecule has 1 N–H and O–H groups in total. The fraction of sp³-hybridized carbons (Fsp3) is 0.429. The molecular weight excluding hydrogens is 432 g/mol. The Balaban J connectivity index is 1.30. The molecule has 0 radical (unpaired) electrons. The van der Waals surface area contributed by atoms with Gasteiger partial charge in [-0.15, -0.1) is 0 Å². The van der Waals surface area contributed by atoms with Crippen LogP contribution in [0.25, 0.3) is 11.4 Å². The molecule has 2 amide bonds. The van der Waals surface area contributed by atoms with Gasteiger partial charge in [0, 0.05) is 48.6 Å². The topological polar surface area (TPSA) is 123 Å². The van der Waals surface area contributed by atoms with E-state index >= 15 is 0 Å². The van der Waals surface area contributed by atoms with E-state index in [-0.39, 0.29) is 18.4 Å². The Morgan fingerprint density at radius 2 is 2.16 bits per heavy atom. The lowest BCUT2D eigenvalue weighted by atomic mass is 10.2. The van der Waals surface area contributed by atoms with E-state index in [9.17, 15) is 9.59 Å². The van der Waals surface area contributed by atoms with E-state index in [0.717, 1.165) is 16.1 Å². The average molecular weight is 457 g/mol. The van der Waals surface area contributed by atoms with Gasteiger partial charge in [0.05, 0.1) is 12.2 Å². The molecule has 0 saturated carbocycles. The number of hydrogen-bond donors (Lipinski definition) is 1. The maximum Gasteiger partial charge on any atom is 0.410 e. The SMILES string of the molecule is CC(C)(C)OC(=O)N1CCc2nc(NC(=O)CCc3nc(-c4cccnc4)no3)sc2C1. The van der Waals surface area contributed by atoms with Gasteiger partial charge < -0.3 is 19.5 Å². The number of rotatable bonds is 5. The van der Waals surface area contributed by atoms with Gasteiger partial charge in [-0.2, -0.15) is 4.98 Å². The molecule has 4 rings (SSSR count). The van der Waals surface area contributed by atoms with Crippen LogP contribution in [0.5, 0.6) is 0 Å². The van der Waals surface area contributed by atoms with Crippen LogP contribution in [0.15, 0.2) is 29.0 Å². The third-order valence-corrected chi connectivity index (χ3v) is 5.58. The van der Waals surface area contributed by atoms with E-state index in [1.54, 1.807) is 23.4 Å². The second kappa shape index (κ2) is 9.03. The number of fused-ring (bicyclic) bond motifs is 1. The molecule has 0 saturated heterocycles. The van der Waals surface area contributed by atoms with Crippen molar-refractivity contribution in [3.8, 4) is 11.4 Å². The second-order valence-electron chi connectivity index (χ2n) is 8.34. The van der Waals surface area contributed by atoms with Crippen molar-refractivity contribution in [3.05, 3.63) is 41.0 Å². The van der Waals surface area contributed by atoms with Gasteiger partial charge in [0.1, 0.15) is 5.60 Å². The van der Waals surface area contributed by atoms with Crippen molar-refractivity contribution in [3.63, 3.8) is 0 Å². The van der Waals surface area contributed by atoms with Crippen molar-refractivity contribution in [2.24, 2.45) is 0 Å². The molecule has 10 nitrogen and oxygen atoms in total. The predicted octanol–water partition coefficient (Wildman–Crippen LogP) is 3.45. The Bertz CT molecular complexity index is 1110. The predicted molar refractivity (Wildman–Crippen MR) is 117 cm³/mol. The number of nitrogens with one attached hydrogen (secondary N) is 1. The van der Waals surface area contributed by atoms with Gasteiger partial charge in [-0.05, 0) is 32.9 Å². The summed E-state index contributed by atoms with van der Waals surface area (Å²) in [5.41, 5.74) is 1.12. The van der Waals surface area contributed by atoms with E-state index in [4.69, 9.17) is 9.26 Å². The van der Waals surface area contributed by atoms with Gasteiger partial charge in [-0.3, -0.25) is 9.78 Å². The van der Waals surface area contributed by atoms with Crippen LogP contribution in [-0.4, -0.2) is 49.2 Å². The molecule has 0 bridgehead atoms. The number of aryl methyl sites for hydroxylation is 1. The minimum atomic E-state index is -0.540. The Kier molecular flexibility index (Phi) is 6.17. The highest BCUT2D eigenvalue weighted by Gasteiger charge is 2.28. The van der Waals surface area contributed by atoms with Crippen molar-refractivity contribution in [1.29, 1.82) is 0 Å². The fourth-order valence-corrected chi connectivity index (χ4v) is 4.14. The second-order valence-corrected chi connectivity index (χ2v) is 9.43. The highest BCUT2D eigenvalue weighted by Crippen LogP contribution is 2.29. The molecule has 3 aromatic rings. The maximum absolute atomic E-state index is 12.4. The van der Waals surface area contributed by atoms with Crippen molar-refractivity contribution in [2.45, 2.75) is 52.2 Å². The molecule has 1 aliphatic heterocycles. The Hall–Kier alpha value is -3.34. The minimum absolute atomic E-state index is 0.183. The monoisotopic (exact) mass is 456 g/mol. The van der Waals surface area contributed by atoms with E-state index in [1.165, 1.54) is 11.3 Å². The Morgan fingerprint density at radius 1 is 1.31 bits per heavy atom. The average Bonchev–Trinajstić information content (AvgIpc) is 3.37. The fourth-order valence-electron chi connectivity index (χ4n) is 3.10. The molecule has 0 atom stereocenters. The van der Waals surface area contributed by atoms with Crippen molar-refractivity contribution in [2.75, 3.05) is 11.9 Å². The van der Waals surface area contributed by atoms with Gasteiger partial charge in [-0.1, -0.05) is 16.5 Å². The number of hydrogen-bond acceptors (Lipinski definition) is 9. The molecule has 4 heterocycles. The maximum atomic E-state index is 12.4. The summed E-state index contributed by atoms with van der Waals surface area (Å²) in [6.45, 7) is 6.49. The minimum Gasteiger partial charge on any atom is -0.444 e. The smallest absolute Gasteiger partial charge is 0.410 e. The van der Waals surface area contributed by atoms with Crippen LogP contribution in [0.4, 0.5) is 9.93 Å². The Morgan fingerprint density at radius 3 is 2.91 bits per heavy atom. The van der Waals surface area contributed by atoms with Gasteiger partial charge in [-0.25, -0.2) is 9.78 Å². The number of carbonyl (C=O) groups excluding carboxylic acids is 2. The first-order valence-corrected chi connectivity index (χ1v) is 11.1. The summed E-state index contributed by atoms with van der Waals surface area (Å²) in [4.78, 5) is 40.1. The van der Waals surface area contributed by atoms with E-state index in [0.29, 0.717) is 42.8 Å². The van der Waals surface area contributed by atoms with Crippen LogP contribution in [0.1, 0.15) is 43.7 Å². The largest absolute Gasteiger partial charge is 0.444 e. The van der Waals surface area contributed by atoms with Crippen molar-refractivity contribution in [1.82, 2.24) is 25.0 Å². The number of aromatic nitrogens is 4. The lowest BCUT2D eigenvalue weighted by Gasteiger charge is -2.29. The van der Waals surface area contributed by atoms with E-state index in [2.05, 4.69) is 25.4 Å². The highest BCUT2D eigenvalue weighted by atomic mass is 32.1. The molecule has 1 aliphatic rings. The summed E-state index contributed by atoms with van der Waals surface area (Å²) >= 11 is 1.38. The first kappa shape index (κ1) is 21.9. The van der Waals surface area contributed by atoms with Crippen LogP contribution in [0, 0.1) is 0 Å². The summed E-state index contributed by atoms with van der Waals surface area (Å²) in [7, 11) is 0. The van der Waals surface area contributed by atoms with Crippen molar-refractivity contribution >= 4 is 28.5 Å². The van der Waals surface area contributed by atoms with Crippen LogP contribution in [0.2, 0.25) is 0 Å². The summed E-state index contributed by atoms with van der Waals surface area (Å²) in [5, 5.41) is 7.27. The number of carbonyl (C=O) groups is 2. The first-order valence-electron chi connectivity index (χ1n) is 10.3. The molecule has 168 valence electrons. The lowest BCUT2D eigenvalue weighted by molar-refractivity contribution is -0.116. The lowest BCUT2D eigenvalue weighted by Crippen LogP contribution is -2.39. The molecule has 0 fully saturated rings. The number of pyridine rings is 1. The number of anilines is 1. The van der Waals surface area contributed by atoms with Gasteiger partial charge in [0.15, 0.2) is 5.13 Å². The molecular formula is C21H24N6O4S. The summed E-state index contributed by atoms with van der Waals surface area (Å²) in [6, 6.07) is 3.63. The third kappa shape index (κ3) is 5.47. The zero-order valence-corrected chi connectivity index (χ0v) is 18.9. The first-order chi connectivity index (χ1) is 15.3. The molecule has 0 aromatic carbocycles.